The lowest BCUT2D eigenvalue weighted by atomic mass is 10.1. The van der Waals surface area contributed by atoms with Crippen LogP contribution in [0.25, 0.3) is 0 Å². The van der Waals surface area contributed by atoms with Crippen LogP contribution in [0, 0.1) is 0 Å². The molecule has 0 atom stereocenters. The Morgan fingerprint density at radius 3 is 2.44 bits per heavy atom. The maximum absolute atomic E-state index is 6.06. The van der Waals surface area contributed by atoms with E-state index in [2.05, 4.69) is 16.9 Å². The van der Waals surface area contributed by atoms with Gasteiger partial charge in [0.15, 0.2) is 0 Å². The molecule has 1 aromatic rings. The van der Waals surface area contributed by atoms with Crippen LogP contribution in [0.1, 0.15) is 31.7 Å². The number of hydrogen-bond donors (Lipinski definition) is 0. The van der Waals surface area contributed by atoms with Gasteiger partial charge in [0, 0.05) is 0 Å². The molecule has 0 saturated carbocycles. The molecule has 1 aromatic heterocycles. The third kappa shape index (κ3) is 3.23. The van der Waals surface area contributed by atoms with Crippen molar-refractivity contribution in [2.75, 3.05) is 14.2 Å². The van der Waals surface area contributed by atoms with Gasteiger partial charge < -0.3 is 9.47 Å². The van der Waals surface area contributed by atoms with Gasteiger partial charge in [-0.05, 0) is 12.8 Å². The van der Waals surface area contributed by atoms with E-state index in [1.54, 1.807) is 7.11 Å². The van der Waals surface area contributed by atoms with Crippen molar-refractivity contribution in [2.24, 2.45) is 0 Å². The van der Waals surface area contributed by atoms with Crippen molar-refractivity contribution in [1.82, 2.24) is 9.97 Å². The molecule has 5 heteroatoms. The number of methoxy groups -OCH3 is 2. The quantitative estimate of drug-likeness (QED) is 0.570. The molecule has 1 heterocycles. The summed E-state index contributed by atoms with van der Waals surface area (Å²) in [5, 5.41) is 0.416. The van der Waals surface area contributed by atoms with Gasteiger partial charge in [-0.25, -0.2) is 0 Å². The van der Waals surface area contributed by atoms with Crippen molar-refractivity contribution in [3.8, 4) is 11.9 Å². The fourth-order valence-electron chi connectivity index (χ4n) is 1.44. The number of rotatable bonds is 6. The van der Waals surface area contributed by atoms with Crippen LogP contribution >= 0.6 is 11.6 Å². The van der Waals surface area contributed by atoms with E-state index in [4.69, 9.17) is 21.1 Å². The third-order valence-electron chi connectivity index (χ3n) is 2.30. The number of ether oxygens (including phenoxy) is 2. The van der Waals surface area contributed by atoms with Gasteiger partial charge in [-0.3, -0.25) is 0 Å². The van der Waals surface area contributed by atoms with E-state index in [-0.39, 0.29) is 6.01 Å². The van der Waals surface area contributed by atoms with Gasteiger partial charge >= 0.3 is 6.01 Å². The minimum atomic E-state index is 0.237. The maximum atomic E-state index is 6.06. The Balaban J connectivity index is 2.88. The number of unbranched alkanes of at least 4 members (excludes halogenated alkanes) is 2. The first kappa shape index (κ1) is 13.0. The highest BCUT2D eigenvalue weighted by Gasteiger charge is 2.13. The topological polar surface area (TPSA) is 44.2 Å². The molecule has 0 aliphatic rings. The zero-order valence-electron chi connectivity index (χ0n) is 9.92. The van der Waals surface area contributed by atoms with Gasteiger partial charge in [0.1, 0.15) is 5.15 Å². The second-order valence-electron chi connectivity index (χ2n) is 3.45. The van der Waals surface area contributed by atoms with E-state index in [9.17, 15) is 0 Å². The molecule has 0 saturated heterocycles. The summed E-state index contributed by atoms with van der Waals surface area (Å²) in [6.45, 7) is 2.16. The van der Waals surface area contributed by atoms with Crippen molar-refractivity contribution in [3.05, 3.63) is 10.7 Å². The summed E-state index contributed by atoms with van der Waals surface area (Å²) in [4.78, 5) is 8.14. The van der Waals surface area contributed by atoms with Crippen molar-refractivity contribution >= 4 is 11.6 Å². The molecule has 0 aliphatic heterocycles. The van der Waals surface area contributed by atoms with Crippen LogP contribution in [-0.4, -0.2) is 24.2 Å². The van der Waals surface area contributed by atoms with Gasteiger partial charge in [-0.15, -0.1) is 0 Å². The Morgan fingerprint density at radius 2 is 1.88 bits per heavy atom. The van der Waals surface area contributed by atoms with E-state index in [0.717, 1.165) is 31.2 Å². The first-order valence-electron chi connectivity index (χ1n) is 5.37. The van der Waals surface area contributed by atoms with Crippen LogP contribution in [0.15, 0.2) is 0 Å². The van der Waals surface area contributed by atoms with Gasteiger partial charge in [0.2, 0.25) is 5.88 Å². The number of aromatic nitrogens is 2. The Bertz CT molecular complexity index is 345. The monoisotopic (exact) mass is 244 g/mol. The smallest absolute Gasteiger partial charge is 0.320 e. The average molecular weight is 245 g/mol. The molecule has 0 spiro atoms. The molecule has 0 radical (unpaired) electrons. The zero-order chi connectivity index (χ0) is 12.0. The molecule has 16 heavy (non-hydrogen) atoms. The first-order valence-corrected chi connectivity index (χ1v) is 5.75. The van der Waals surface area contributed by atoms with Gasteiger partial charge in [0.25, 0.3) is 0 Å². The van der Waals surface area contributed by atoms with E-state index >= 15 is 0 Å². The maximum Gasteiger partial charge on any atom is 0.320 e. The molecule has 0 unspecified atom stereocenters. The van der Waals surface area contributed by atoms with Crippen molar-refractivity contribution in [1.29, 1.82) is 0 Å². The highest BCUT2D eigenvalue weighted by atomic mass is 35.5. The van der Waals surface area contributed by atoms with Gasteiger partial charge in [-0.2, -0.15) is 9.97 Å². The average Bonchev–Trinajstić information content (AvgIpc) is 2.30. The van der Waals surface area contributed by atoms with Gasteiger partial charge in [0.05, 0.1) is 19.8 Å². The Labute approximate surface area is 101 Å². The van der Waals surface area contributed by atoms with E-state index in [1.165, 1.54) is 7.11 Å². The van der Waals surface area contributed by atoms with Gasteiger partial charge in [-0.1, -0.05) is 31.4 Å². The number of nitrogens with zero attached hydrogens (tertiary/aromatic N) is 2. The van der Waals surface area contributed by atoms with E-state index in [1.807, 2.05) is 0 Å². The van der Waals surface area contributed by atoms with Crippen LogP contribution in [0.4, 0.5) is 0 Å². The normalized spacial score (nSPS) is 10.2. The van der Waals surface area contributed by atoms with Crippen LogP contribution in [0.5, 0.6) is 11.9 Å². The summed E-state index contributed by atoms with van der Waals surface area (Å²) in [5.41, 5.74) is 0.860. The lowest BCUT2D eigenvalue weighted by Gasteiger charge is -2.09. The fraction of sp³-hybridized carbons (Fsp3) is 0.636. The van der Waals surface area contributed by atoms with Crippen LogP contribution in [-0.2, 0) is 6.42 Å². The minimum absolute atomic E-state index is 0.237. The van der Waals surface area contributed by atoms with Crippen LogP contribution < -0.4 is 9.47 Å². The van der Waals surface area contributed by atoms with Crippen LogP contribution in [0.3, 0.4) is 0 Å². The fourth-order valence-corrected chi connectivity index (χ4v) is 1.69. The van der Waals surface area contributed by atoms with E-state index in [0.29, 0.717) is 11.0 Å². The summed E-state index contributed by atoms with van der Waals surface area (Å²) in [6, 6.07) is 0.237. The standard InChI is InChI=1S/C11H17ClN2O2/c1-4-5-6-7-8-9(12)13-11(16-3)14-10(8)15-2/h4-7H2,1-3H3. The lowest BCUT2D eigenvalue weighted by molar-refractivity contribution is 0.348. The number of halogens is 1. The molecule has 90 valence electrons. The molecular formula is C11H17ClN2O2. The summed E-state index contributed by atoms with van der Waals surface area (Å²) in [7, 11) is 3.07. The third-order valence-corrected chi connectivity index (χ3v) is 2.62. The lowest BCUT2D eigenvalue weighted by Crippen LogP contribution is -2.02. The van der Waals surface area contributed by atoms with E-state index < -0.39 is 0 Å². The molecular weight excluding hydrogens is 228 g/mol. The molecule has 0 aliphatic carbocycles. The van der Waals surface area contributed by atoms with Crippen molar-refractivity contribution in [3.63, 3.8) is 0 Å². The zero-order valence-corrected chi connectivity index (χ0v) is 10.7. The Morgan fingerprint density at radius 1 is 1.12 bits per heavy atom. The first-order chi connectivity index (χ1) is 7.72. The van der Waals surface area contributed by atoms with Crippen molar-refractivity contribution < 1.29 is 9.47 Å². The molecule has 0 N–H and O–H groups in total. The van der Waals surface area contributed by atoms with Crippen molar-refractivity contribution in [2.45, 2.75) is 32.6 Å². The second-order valence-corrected chi connectivity index (χ2v) is 3.80. The summed E-state index contributed by atoms with van der Waals surface area (Å²) in [6.07, 6.45) is 4.21. The predicted molar refractivity (Wildman–Crippen MR) is 63.4 cm³/mol. The molecule has 0 fully saturated rings. The highest BCUT2D eigenvalue weighted by Crippen LogP contribution is 2.27. The predicted octanol–water partition coefficient (Wildman–Crippen LogP) is 2.88. The largest absolute Gasteiger partial charge is 0.481 e. The summed E-state index contributed by atoms with van der Waals surface area (Å²) >= 11 is 6.06. The molecule has 0 aromatic carbocycles. The Hall–Kier alpha value is -1.03. The highest BCUT2D eigenvalue weighted by molar-refractivity contribution is 6.30. The van der Waals surface area contributed by atoms with Crippen LogP contribution in [0.2, 0.25) is 5.15 Å². The SMILES string of the molecule is CCCCCc1c(Cl)nc(OC)nc1OC. The molecule has 0 bridgehead atoms. The summed E-state index contributed by atoms with van der Waals surface area (Å²) < 4.78 is 10.1. The molecule has 1 rings (SSSR count). The minimum Gasteiger partial charge on any atom is -0.481 e. The molecule has 4 nitrogen and oxygen atoms in total. The second kappa shape index (κ2) is 6.53. The summed E-state index contributed by atoms with van der Waals surface area (Å²) in [5.74, 6) is 0.507. The Kier molecular flexibility index (Phi) is 5.32. The number of hydrogen-bond acceptors (Lipinski definition) is 4. The molecule has 0 amide bonds.